The minimum atomic E-state index is 0.108. The highest BCUT2D eigenvalue weighted by Crippen LogP contribution is 2.26. The van der Waals surface area contributed by atoms with Crippen LogP contribution >= 0.6 is 23.2 Å². The maximum atomic E-state index is 11.1. The van der Waals surface area contributed by atoms with Crippen molar-refractivity contribution in [3.05, 3.63) is 33.8 Å². The van der Waals surface area contributed by atoms with Gasteiger partial charge in [-0.15, -0.1) is 0 Å². The molecule has 3 nitrogen and oxygen atoms in total. The van der Waals surface area contributed by atoms with Crippen molar-refractivity contribution in [2.45, 2.75) is 31.8 Å². The maximum Gasteiger partial charge on any atom is 0.220 e. The Bertz CT molecular complexity index is 441. The Balaban J connectivity index is 2.00. The predicted octanol–water partition coefficient (Wildman–Crippen LogP) is 2.92. The first kappa shape index (κ1) is 13.7. The summed E-state index contributed by atoms with van der Waals surface area (Å²) >= 11 is 12.1. The molecule has 0 bridgehead atoms. The van der Waals surface area contributed by atoms with Gasteiger partial charge in [-0.3, -0.25) is 4.79 Å². The van der Waals surface area contributed by atoms with E-state index < -0.39 is 0 Å². The number of hydrogen-bond donors (Lipinski definition) is 2. The Kier molecular flexibility index (Phi) is 4.49. The van der Waals surface area contributed by atoms with Crippen LogP contribution in [-0.2, 0) is 4.79 Å². The number of rotatable bonds is 3. The van der Waals surface area contributed by atoms with Crippen molar-refractivity contribution < 1.29 is 4.79 Å². The van der Waals surface area contributed by atoms with Crippen LogP contribution in [0.25, 0.3) is 0 Å². The summed E-state index contributed by atoms with van der Waals surface area (Å²) in [4.78, 5) is 11.1. The molecule has 2 N–H and O–H groups in total. The van der Waals surface area contributed by atoms with E-state index in [2.05, 4.69) is 10.6 Å². The number of nitrogens with one attached hydrogen (secondary N) is 2. The molecule has 1 fully saturated rings. The van der Waals surface area contributed by atoms with Crippen LogP contribution in [0.4, 0.5) is 0 Å². The fraction of sp³-hybridized carbons (Fsp3) is 0.462. The number of hydrogen-bond acceptors (Lipinski definition) is 2. The Morgan fingerprint density at radius 3 is 2.89 bits per heavy atom. The van der Waals surface area contributed by atoms with Crippen molar-refractivity contribution in [3.63, 3.8) is 0 Å². The summed E-state index contributed by atoms with van der Waals surface area (Å²) in [5, 5.41) is 7.71. The number of amides is 1. The molecule has 2 rings (SSSR count). The number of piperidine rings is 1. The summed E-state index contributed by atoms with van der Waals surface area (Å²) < 4.78 is 0. The van der Waals surface area contributed by atoms with Gasteiger partial charge >= 0.3 is 0 Å². The molecule has 0 saturated carbocycles. The second-order valence-electron chi connectivity index (χ2n) is 4.59. The Labute approximate surface area is 117 Å². The second-order valence-corrected chi connectivity index (χ2v) is 5.44. The molecular weight excluding hydrogens is 271 g/mol. The number of benzene rings is 1. The minimum Gasteiger partial charge on any atom is -0.355 e. The molecule has 1 aliphatic rings. The molecule has 18 heavy (non-hydrogen) atoms. The van der Waals surface area contributed by atoms with E-state index >= 15 is 0 Å². The smallest absolute Gasteiger partial charge is 0.220 e. The lowest BCUT2D eigenvalue weighted by molar-refractivity contribution is -0.122. The lowest BCUT2D eigenvalue weighted by Crippen LogP contribution is -2.46. The minimum absolute atomic E-state index is 0.108. The first-order valence-electron chi connectivity index (χ1n) is 6.04. The molecule has 98 valence electrons. The standard InChI is InChI=1S/C13H16Cl2N2O/c1-8(11-6-9(14)2-4-12(11)15)17-10-3-5-13(18)16-7-10/h2,4,6,8,10,17H,3,5,7H2,1H3,(H,16,18). The zero-order chi connectivity index (χ0) is 13.1. The fourth-order valence-electron chi connectivity index (χ4n) is 2.16. The van der Waals surface area contributed by atoms with E-state index in [0.29, 0.717) is 23.0 Å². The molecule has 2 unspecified atom stereocenters. The SMILES string of the molecule is CC(NC1CCC(=O)NC1)c1cc(Cl)ccc1Cl. The molecule has 1 saturated heterocycles. The molecule has 0 aromatic heterocycles. The van der Waals surface area contributed by atoms with Crippen molar-refractivity contribution in [2.75, 3.05) is 6.54 Å². The topological polar surface area (TPSA) is 41.1 Å². The van der Waals surface area contributed by atoms with Crippen molar-refractivity contribution in [1.29, 1.82) is 0 Å². The molecule has 0 radical (unpaired) electrons. The monoisotopic (exact) mass is 286 g/mol. The van der Waals surface area contributed by atoms with Crippen LogP contribution in [0, 0.1) is 0 Å². The molecule has 1 aliphatic heterocycles. The summed E-state index contributed by atoms with van der Waals surface area (Å²) in [5.74, 6) is 0.126. The highest BCUT2D eigenvalue weighted by Gasteiger charge is 2.20. The largest absolute Gasteiger partial charge is 0.355 e. The highest BCUT2D eigenvalue weighted by atomic mass is 35.5. The van der Waals surface area contributed by atoms with E-state index in [1.165, 1.54) is 0 Å². The molecule has 1 heterocycles. The van der Waals surface area contributed by atoms with Crippen molar-refractivity contribution in [2.24, 2.45) is 0 Å². The molecule has 0 aliphatic carbocycles. The van der Waals surface area contributed by atoms with Gasteiger partial charge in [-0.05, 0) is 37.1 Å². The van der Waals surface area contributed by atoms with E-state index in [1.807, 2.05) is 13.0 Å². The van der Waals surface area contributed by atoms with Crippen molar-refractivity contribution in [1.82, 2.24) is 10.6 Å². The van der Waals surface area contributed by atoms with Crippen LogP contribution in [0.1, 0.15) is 31.4 Å². The quantitative estimate of drug-likeness (QED) is 0.897. The molecule has 2 atom stereocenters. The van der Waals surface area contributed by atoms with Gasteiger partial charge in [0.05, 0.1) is 0 Å². The number of halogens is 2. The van der Waals surface area contributed by atoms with Crippen LogP contribution in [0.2, 0.25) is 10.0 Å². The van der Waals surface area contributed by atoms with Crippen molar-refractivity contribution in [3.8, 4) is 0 Å². The highest BCUT2D eigenvalue weighted by molar-refractivity contribution is 6.33. The molecule has 0 spiro atoms. The Morgan fingerprint density at radius 2 is 2.22 bits per heavy atom. The van der Waals surface area contributed by atoms with E-state index in [0.717, 1.165) is 12.0 Å². The van der Waals surface area contributed by atoms with Crippen LogP contribution in [-0.4, -0.2) is 18.5 Å². The molecular formula is C13H16Cl2N2O. The van der Waals surface area contributed by atoms with Gasteiger partial charge in [0.15, 0.2) is 0 Å². The fourth-order valence-corrected chi connectivity index (χ4v) is 2.63. The van der Waals surface area contributed by atoms with E-state index in [4.69, 9.17) is 23.2 Å². The molecule has 1 amide bonds. The lowest BCUT2D eigenvalue weighted by atomic mass is 10.0. The third-order valence-electron chi connectivity index (χ3n) is 3.18. The van der Waals surface area contributed by atoms with Crippen molar-refractivity contribution >= 4 is 29.1 Å². The molecule has 1 aromatic carbocycles. The lowest BCUT2D eigenvalue weighted by Gasteiger charge is -2.27. The van der Waals surface area contributed by atoms with E-state index in [1.54, 1.807) is 12.1 Å². The third kappa shape index (κ3) is 3.37. The van der Waals surface area contributed by atoms with Gasteiger partial charge in [-0.2, -0.15) is 0 Å². The predicted molar refractivity (Wildman–Crippen MR) is 74.0 cm³/mol. The molecule has 5 heteroatoms. The number of carbonyl (C=O) groups is 1. The van der Waals surface area contributed by atoms with Gasteiger partial charge in [0.2, 0.25) is 5.91 Å². The second kappa shape index (κ2) is 5.91. The normalized spacial score (nSPS) is 21.5. The summed E-state index contributed by atoms with van der Waals surface area (Å²) in [6.07, 6.45) is 1.43. The Morgan fingerprint density at radius 1 is 1.44 bits per heavy atom. The van der Waals surface area contributed by atoms with Gasteiger partial charge in [0.1, 0.15) is 0 Å². The Hall–Kier alpha value is -0.770. The average molecular weight is 287 g/mol. The summed E-state index contributed by atoms with van der Waals surface area (Å²) in [5.41, 5.74) is 0.987. The average Bonchev–Trinajstić information content (AvgIpc) is 2.35. The van der Waals surface area contributed by atoms with Crippen LogP contribution in [0.15, 0.2) is 18.2 Å². The van der Waals surface area contributed by atoms with Gasteiger partial charge < -0.3 is 10.6 Å². The maximum absolute atomic E-state index is 11.1. The number of carbonyl (C=O) groups excluding carboxylic acids is 1. The molecule has 1 aromatic rings. The third-order valence-corrected chi connectivity index (χ3v) is 3.76. The first-order valence-corrected chi connectivity index (χ1v) is 6.79. The van der Waals surface area contributed by atoms with Gasteiger partial charge in [-0.1, -0.05) is 23.2 Å². The summed E-state index contributed by atoms with van der Waals surface area (Å²) in [6, 6.07) is 5.85. The zero-order valence-electron chi connectivity index (χ0n) is 10.2. The van der Waals surface area contributed by atoms with Crippen LogP contribution < -0.4 is 10.6 Å². The van der Waals surface area contributed by atoms with E-state index in [9.17, 15) is 4.79 Å². The summed E-state index contributed by atoms with van der Waals surface area (Å²) in [6.45, 7) is 2.72. The van der Waals surface area contributed by atoms with Crippen LogP contribution in [0.3, 0.4) is 0 Å². The van der Waals surface area contributed by atoms with Gasteiger partial charge in [0, 0.05) is 35.1 Å². The van der Waals surface area contributed by atoms with Gasteiger partial charge in [0.25, 0.3) is 0 Å². The van der Waals surface area contributed by atoms with Gasteiger partial charge in [-0.25, -0.2) is 0 Å². The zero-order valence-corrected chi connectivity index (χ0v) is 11.7. The summed E-state index contributed by atoms with van der Waals surface area (Å²) in [7, 11) is 0. The van der Waals surface area contributed by atoms with E-state index in [-0.39, 0.29) is 18.0 Å². The van der Waals surface area contributed by atoms with Crippen LogP contribution in [0.5, 0.6) is 0 Å². The first-order chi connectivity index (χ1) is 8.56.